The predicted molar refractivity (Wildman–Crippen MR) is 123 cm³/mol. The first-order chi connectivity index (χ1) is 16.2. The molecule has 0 spiro atoms. The van der Waals surface area contributed by atoms with Crippen molar-refractivity contribution in [2.45, 2.75) is 37.2 Å². The molecule has 2 N–H and O–H groups in total. The molecule has 176 valence electrons. The van der Waals surface area contributed by atoms with Gasteiger partial charge in [0.2, 0.25) is 10.0 Å². The highest BCUT2D eigenvalue weighted by molar-refractivity contribution is 7.89. The van der Waals surface area contributed by atoms with Crippen molar-refractivity contribution in [2.75, 3.05) is 6.54 Å². The largest absolute Gasteiger partial charge is 0.299 e. The van der Waals surface area contributed by atoms with Crippen LogP contribution in [-0.2, 0) is 47.2 Å². The molecular formula is C24H21F2N3O3S2. The van der Waals surface area contributed by atoms with Crippen LogP contribution in [0.3, 0.4) is 0 Å². The van der Waals surface area contributed by atoms with E-state index in [-0.39, 0.29) is 35.6 Å². The average Bonchev–Trinajstić information content (AvgIpc) is 3.12. The summed E-state index contributed by atoms with van der Waals surface area (Å²) in [4.78, 5) is 16.3. The van der Waals surface area contributed by atoms with Gasteiger partial charge in [0.05, 0.1) is 10.5 Å². The van der Waals surface area contributed by atoms with Gasteiger partial charge >= 0.3 is 0 Å². The molecule has 34 heavy (non-hydrogen) atoms. The van der Waals surface area contributed by atoms with Crippen molar-refractivity contribution < 1.29 is 22.0 Å². The Morgan fingerprint density at radius 2 is 1.88 bits per heavy atom. The normalized spacial score (nSPS) is 13.9. The number of hydrogen-bond donors (Lipinski definition) is 1. The highest BCUT2D eigenvalue weighted by Crippen LogP contribution is 2.34. The third kappa shape index (κ3) is 5.23. The lowest BCUT2D eigenvalue weighted by molar-refractivity contribution is -0.117. The molecule has 0 amide bonds. The Labute approximate surface area is 200 Å². The van der Waals surface area contributed by atoms with Crippen molar-refractivity contribution >= 4 is 27.1 Å². The van der Waals surface area contributed by atoms with Gasteiger partial charge in [-0.2, -0.15) is 5.26 Å². The van der Waals surface area contributed by atoms with E-state index in [9.17, 15) is 27.3 Å². The maximum absolute atomic E-state index is 14.1. The summed E-state index contributed by atoms with van der Waals surface area (Å²) in [7, 11) is -3.80. The Bertz CT molecular complexity index is 1390. The number of carbonyl (C=O) groups excluding carboxylic acids is 1. The number of carbonyl (C=O) groups is 1. The standard InChI is InChI=1S/C24H21F2N3O3S2/c25-21-3-1-2-16(24(21)26)13-29-9-8-19-20(12-27)22(33-23(19)14-29)11-17(30)10-15-4-6-18(7-5-15)34(28,31)32/h1-7H,8-11,13-14H2,(H2,28,31,32). The number of halogens is 2. The second kappa shape index (κ2) is 9.72. The average molecular weight is 502 g/mol. The number of nitriles is 1. The highest BCUT2D eigenvalue weighted by Gasteiger charge is 2.26. The summed E-state index contributed by atoms with van der Waals surface area (Å²) in [5, 5.41) is 14.8. The van der Waals surface area contributed by atoms with Crippen molar-refractivity contribution in [3.05, 3.63) is 86.1 Å². The Kier molecular flexibility index (Phi) is 6.91. The zero-order chi connectivity index (χ0) is 24.5. The van der Waals surface area contributed by atoms with E-state index in [1.54, 1.807) is 18.2 Å². The Balaban J connectivity index is 1.46. The first kappa shape index (κ1) is 24.2. The van der Waals surface area contributed by atoms with Crippen molar-refractivity contribution in [2.24, 2.45) is 5.14 Å². The molecule has 0 saturated heterocycles. The van der Waals surface area contributed by atoms with E-state index in [1.807, 2.05) is 4.90 Å². The van der Waals surface area contributed by atoms with E-state index in [4.69, 9.17) is 5.14 Å². The second-order valence-corrected chi connectivity index (χ2v) is 10.9. The summed E-state index contributed by atoms with van der Waals surface area (Å²) >= 11 is 1.40. The minimum absolute atomic E-state index is 0.0240. The number of ketones is 1. The third-order valence-corrected chi connectivity index (χ3v) is 7.90. The molecule has 2 heterocycles. The van der Waals surface area contributed by atoms with Gasteiger partial charge in [-0.1, -0.05) is 24.3 Å². The van der Waals surface area contributed by atoms with Gasteiger partial charge in [-0.05, 0) is 35.7 Å². The molecule has 0 saturated carbocycles. The molecule has 0 unspecified atom stereocenters. The van der Waals surface area contributed by atoms with Gasteiger partial charge in [-0.15, -0.1) is 11.3 Å². The van der Waals surface area contributed by atoms with E-state index >= 15 is 0 Å². The molecule has 0 bridgehead atoms. The van der Waals surface area contributed by atoms with Crippen LogP contribution >= 0.6 is 11.3 Å². The number of nitrogens with zero attached hydrogens (tertiary/aromatic N) is 2. The number of Topliss-reactive ketones (excluding diaryl/α,β-unsaturated/α-hetero) is 1. The van der Waals surface area contributed by atoms with Crippen LogP contribution in [0.25, 0.3) is 0 Å². The molecule has 0 radical (unpaired) electrons. The fraction of sp³-hybridized carbons (Fsp3) is 0.250. The zero-order valence-electron chi connectivity index (χ0n) is 18.1. The van der Waals surface area contributed by atoms with Gasteiger partial charge in [-0.25, -0.2) is 22.3 Å². The first-order valence-corrected chi connectivity index (χ1v) is 12.8. The van der Waals surface area contributed by atoms with E-state index in [0.717, 1.165) is 16.5 Å². The maximum atomic E-state index is 14.1. The van der Waals surface area contributed by atoms with Gasteiger partial charge < -0.3 is 0 Å². The smallest absolute Gasteiger partial charge is 0.238 e. The van der Waals surface area contributed by atoms with Crippen LogP contribution in [0, 0.1) is 23.0 Å². The highest BCUT2D eigenvalue weighted by atomic mass is 32.2. The van der Waals surface area contributed by atoms with E-state index in [0.29, 0.717) is 35.5 Å². The molecule has 6 nitrogen and oxygen atoms in total. The lowest BCUT2D eigenvalue weighted by atomic mass is 9.99. The van der Waals surface area contributed by atoms with Gasteiger partial charge in [0.15, 0.2) is 11.6 Å². The van der Waals surface area contributed by atoms with Crippen molar-refractivity contribution in [1.82, 2.24) is 4.90 Å². The number of fused-ring (bicyclic) bond motifs is 1. The zero-order valence-corrected chi connectivity index (χ0v) is 19.7. The van der Waals surface area contributed by atoms with E-state index in [2.05, 4.69) is 6.07 Å². The van der Waals surface area contributed by atoms with Gasteiger partial charge in [0.25, 0.3) is 0 Å². The summed E-state index contributed by atoms with van der Waals surface area (Å²) in [6.45, 7) is 1.34. The molecule has 3 aromatic rings. The van der Waals surface area contributed by atoms with Crippen molar-refractivity contribution in [3.63, 3.8) is 0 Å². The fourth-order valence-electron chi connectivity index (χ4n) is 4.08. The monoisotopic (exact) mass is 501 g/mol. The molecule has 2 aromatic carbocycles. The topological polar surface area (TPSA) is 104 Å². The van der Waals surface area contributed by atoms with Crippen LogP contribution in [0.15, 0.2) is 47.4 Å². The fourth-order valence-corrected chi connectivity index (χ4v) is 5.97. The van der Waals surface area contributed by atoms with E-state index in [1.165, 1.54) is 29.5 Å². The lowest BCUT2D eigenvalue weighted by Gasteiger charge is -2.27. The summed E-state index contributed by atoms with van der Waals surface area (Å²) in [6.07, 6.45) is 0.786. The number of nitrogens with two attached hydrogens (primary N) is 1. The van der Waals surface area contributed by atoms with Crippen LogP contribution in [0.2, 0.25) is 0 Å². The number of thiophene rings is 1. The lowest BCUT2D eigenvalue weighted by Crippen LogP contribution is -2.29. The van der Waals surface area contributed by atoms with Crippen LogP contribution in [0.1, 0.15) is 32.0 Å². The number of rotatable bonds is 7. The van der Waals surface area contributed by atoms with Gasteiger partial charge in [0.1, 0.15) is 11.9 Å². The molecule has 0 aliphatic carbocycles. The van der Waals surface area contributed by atoms with Crippen LogP contribution in [0.5, 0.6) is 0 Å². The quantitative estimate of drug-likeness (QED) is 0.534. The predicted octanol–water partition coefficient (Wildman–Crippen LogP) is 3.46. The number of sulfonamides is 1. The third-order valence-electron chi connectivity index (χ3n) is 5.76. The SMILES string of the molecule is N#Cc1c(CC(=O)Cc2ccc(S(N)(=O)=O)cc2)sc2c1CCN(Cc1cccc(F)c1F)C2. The molecule has 0 fully saturated rings. The molecule has 10 heteroatoms. The number of primary sulfonamides is 1. The second-order valence-electron chi connectivity index (χ2n) is 8.17. The van der Waals surface area contributed by atoms with Crippen molar-refractivity contribution in [1.29, 1.82) is 5.26 Å². The van der Waals surface area contributed by atoms with Gasteiger partial charge in [-0.3, -0.25) is 9.69 Å². The summed E-state index contributed by atoms with van der Waals surface area (Å²) in [6, 6.07) is 12.2. The Morgan fingerprint density at radius 1 is 1.15 bits per heavy atom. The molecule has 1 aliphatic rings. The summed E-state index contributed by atoms with van der Waals surface area (Å²) in [5.74, 6) is -1.82. The minimum Gasteiger partial charge on any atom is -0.299 e. The molecular weight excluding hydrogens is 480 g/mol. The van der Waals surface area contributed by atoms with E-state index < -0.39 is 21.7 Å². The van der Waals surface area contributed by atoms with Crippen molar-refractivity contribution in [3.8, 4) is 6.07 Å². The van der Waals surface area contributed by atoms with Crippen LogP contribution in [-0.4, -0.2) is 25.6 Å². The van der Waals surface area contributed by atoms with Crippen LogP contribution in [0.4, 0.5) is 8.78 Å². The Hall–Kier alpha value is -2.97. The Morgan fingerprint density at radius 3 is 2.56 bits per heavy atom. The summed E-state index contributed by atoms with van der Waals surface area (Å²) < 4.78 is 50.3. The summed E-state index contributed by atoms with van der Waals surface area (Å²) in [5.41, 5.74) is 2.38. The van der Waals surface area contributed by atoms with Gasteiger partial charge in [0, 0.05) is 47.8 Å². The first-order valence-electron chi connectivity index (χ1n) is 10.5. The maximum Gasteiger partial charge on any atom is 0.238 e. The molecule has 0 atom stereocenters. The molecule has 1 aliphatic heterocycles. The van der Waals surface area contributed by atoms with Crippen LogP contribution < -0.4 is 5.14 Å². The molecule has 4 rings (SSSR count). The number of benzene rings is 2. The number of hydrogen-bond acceptors (Lipinski definition) is 6. The minimum atomic E-state index is -3.80. The molecule has 1 aromatic heterocycles.